The lowest BCUT2D eigenvalue weighted by Gasteiger charge is -2.38. The molecule has 0 aromatic heterocycles. The average molecular weight is 438 g/mol. The number of amides is 2. The van der Waals surface area contributed by atoms with Gasteiger partial charge in [0.2, 0.25) is 17.8 Å². The number of aliphatic imine (C=N–C) groups is 1. The minimum absolute atomic E-state index is 0.0228. The Bertz CT molecular complexity index is 996. The number of guanidine groups is 1. The number of benzene rings is 2. The van der Waals surface area contributed by atoms with Crippen molar-refractivity contribution >= 4 is 29.1 Å². The van der Waals surface area contributed by atoms with E-state index in [1.54, 1.807) is 12.1 Å². The molecule has 0 aliphatic carbocycles. The summed E-state index contributed by atoms with van der Waals surface area (Å²) in [6.07, 6.45) is 0.0228. The standard InChI is InChI=1S/C24H28FN5O2/c1-16(2)17-3-7-19(8-4-17)26-23(32)21-15-22(31)28-24(27-21)30-13-11-29(12-14-30)20-9-5-18(25)6-10-20/h3-10,16,21H,11-15H2,1-2H3,(H,26,32)(H,27,28,31)/t21-/m0/s1. The predicted octanol–water partition coefficient (Wildman–Crippen LogP) is 2.95. The van der Waals surface area contributed by atoms with Crippen LogP contribution in [-0.4, -0.2) is 54.9 Å². The summed E-state index contributed by atoms with van der Waals surface area (Å²) in [6.45, 7) is 6.93. The molecule has 0 unspecified atom stereocenters. The highest BCUT2D eigenvalue weighted by molar-refractivity contribution is 6.06. The van der Waals surface area contributed by atoms with Gasteiger partial charge in [-0.15, -0.1) is 0 Å². The molecule has 168 valence electrons. The van der Waals surface area contributed by atoms with Crippen molar-refractivity contribution < 1.29 is 14.0 Å². The number of carbonyl (C=O) groups is 2. The van der Waals surface area contributed by atoms with E-state index in [2.05, 4.69) is 34.4 Å². The van der Waals surface area contributed by atoms with E-state index in [0.29, 0.717) is 43.7 Å². The number of rotatable bonds is 4. The Morgan fingerprint density at radius 3 is 2.28 bits per heavy atom. The van der Waals surface area contributed by atoms with Gasteiger partial charge >= 0.3 is 0 Å². The minimum Gasteiger partial charge on any atom is -0.368 e. The van der Waals surface area contributed by atoms with Gasteiger partial charge in [0.25, 0.3) is 0 Å². The van der Waals surface area contributed by atoms with Gasteiger partial charge in [0, 0.05) is 37.6 Å². The monoisotopic (exact) mass is 437 g/mol. The fraction of sp³-hybridized carbons (Fsp3) is 0.375. The summed E-state index contributed by atoms with van der Waals surface area (Å²) in [7, 11) is 0. The first kappa shape index (κ1) is 21.8. The molecule has 1 atom stereocenters. The van der Waals surface area contributed by atoms with Crippen molar-refractivity contribution in [2.75, 3.05) is 36.4 Å². The molecule has 0 bridgehead atoms. The lowest BCUT2D eigenvalue weighted by atomic mass is 10.0. The number of nitrogens with zero attached hydrogens (tertiary/aromatic N) is 3. The molecule has 4 rings (SSSR count). The summed E-state index contributed by atoms with van der Waals surface area (Å²) >= 11 is 0. The number of hydrogen-bond acceptors (Lipinski definition) is 5. The molecule has 2 N–H and O–H groups in total. The van der Waals surface area contributed by atoms with Gasteiger partial charge in [0.1, 0.15) is 11.9 Å². The van der Waals surface area contributed by atoms with Gasteiger partial charge in [-0.05, 0) is 47.9 Å². The SMILES string of the molecule is CC(C)c1ccc(NC(=O)[C@@H]2CC(=O)NC(N3CCN(c4ccc(F)cc4)CC3)=N2)cc1. The van der Waals surface area contributed by atoms with Gasteiger partial charge in [0.15, 0.2) is 0 Å². The normalized spacial score (nSPS) is 18.9. The van der Waals surface area contributed by atoms with E-state index < -0.39 is 6.04 Å². The summed E-state index contributed by atoms with van der Waals surface area (Å²) in [5.74, 6) is 0.0884. The second-order valence-corrected chi connectivity index (χ2v) is 8.44. The van der Waals surface area contributed by atoms with E-state index in [4.69, 9.17) is 0 Å². The number of carbonyl (C=O) groups excluding carboxylic acids is 2. The van der Waals surface area contributed by atoms with E-state index in [1.165, 1.54) is 17.7 Å². The molecule has 2 aromatic carbocycles. The summed E-state index contributed by atoms with van der Waals surface area (Å²) in [5.41, 5.74) is 2.84. The minimum atomic E-state index is -0.765. The first-order chi connectivity index (χ1) is 15.4. The van der Waals surface area contributed by atoms with E-state index in [-0.39, 0.29) is 24.1 Å². The molecule has 1 fully saturated rings. The first-order valence-corrected chi connectivity index (χ1v) is 10.9. The Morgan fingerprint density at radius 1 is 1.03 bits per heavy atom. The Balaban J connectivity index is 1.39. The zero-order valence-electron chi connectivity index (χ0n) is 18.3. The molecule has 0 saturated carbocycles. The molecule has 2 aliphatic rings. The quantitative estimate of drug-likeness (QED) is 0.771. The van der Waals surface area contributed by atoms with E-state index in [1.807, 2.05) is 29.2 Å². The number of halogens is 1. The number of piperazine rings is 1. The third-order valence-corrected chi connectivity index (χ3v) is 5.83. The lowest BCUT2D eigenvalue weighted by Crippen LogP contribution is -2.56. The van der Waals surface area contributed by atoms with Crippen LogP contribution in [0.25, 0.3) is 0 Å². The van der Waals surface area contributed by atoms with Gasteiger partial charge in [-0.25, -0.2) is 9.38 Å². The second-order valence-electron chi connectivity index (χ2n) is 8.44. The molecule has 1 saturated heterocycles. The van der Waals surface area contributed by atoms with Crippen LogP contribution in [0.5, 0.6) is 0 Å². The Morgan fingerprint density at radius 2 is 1.66 bits per heavy atom. The molecule has 0 spiro atoms. The maximum Gasteiger partial charge on any atom is 0.249 e. The van der Waals surface area contributed by atoms with E-state index >= 15 is 0 Å². The van der Waals surface area contributed by atoms with Crippen molar-refractivity contribution in [3.63, 3.8) is 0 Å². The van der Waals surface area contributed by atoms with Crippen LogP contribution in [0.2, 0.25) is 0 Å². The fourth-order valence-electron chi connectivity index (χ4n) is 3.89. The highest BCUT2D eigenvalue weighted by Gasteiger charge is 2.30. The third-order valence-electron chi connectivity index (χ3n) is 5.83. The zero-order chi connectivity index (χ0) is 22.7. The lowest BCUT2D eigenvalue weighted by molar-refractivity contribution is -0.125. The number of anilines is 2. The summed E-state index contributed by atoms with van der Waals surface area (Å²) < 4.78 is 13.2. The van der Waals surface area contributed by atoms with Crippen LogP contribution in [0.15, 0.2) is 53.5 Å². The Hall–Kier alpha value is -3.42. The van der Waals surface area contributed by atoms with Crippen molar-refractivity contribution in [3.05, 3.63) is 59.9 Å². The molecule has 32 heavy (non-hydrogen) atoms. The van der Waals surface area contributed by atoms with Crippen LogP contribution in [0.1, 0.15) is 31.7 Å². The average Bonchev–Trinajstić information content (AvgIpc) is 2.79. The summed E-state index contributed by atoms with van der Waals surface area (Å²) in [4.78, 5) is 33.7. The molecule has 2 aromatic rings. The zero-order valence-corrected chi connectivity index (χ0v) is 18.3. The summed E-state index contributed by atoms with van der Waals surface area (Å²) in [5, 5.41) is 5.68. The maximum atomic E-state index is 13.2. The highest BCUT2D eigenvalue weighted by atomic mass is 19.1. The smallest absolute Gasteiger partial charge is 0.249 e. The maximum absolute atomic E-state index is 13.2. The molecule has 0 radical (unpaired) electrons. The van der Waals surface area contributed by atoms with Gasteiger partial charge in [-0.1, -0.05) is 26.0 Å². The van der Waals surface area contributed by atoms with Crippen LogP contribution in [-0.2, 0) is 9.59 Å². The van der Waals surface area contributed by atoms with Crippen molar-refractivity contribution in [2.24, 2.45) is 4.99 Å². The van der Waals surface area contributed by atoms with Crippen molar-refractivity contribution in [3.8, 4) is 0 Å². The van der Waals surface area contributed by atoms with Crippen molar-refractivity contribution in [1.82, 2.24) is 10.2 Å². The van der Waals surface area contributed by atoms with E-state index in [0.717, 1.165) is 5.69 Å². The Kier molecular flexibility index (Phi) is 6.39. The van der Waals surface area contributed by atoms with Crippen molar-refractivity contribution in [2.45, 2.75) is 32.2 Å². The van der Waals surface area contributed by atoms with Gasteiger partial charge in [0.05, 0.1) is 6.42 Å². The first-order valence-electron chi connectivity index (χ1n) is 10.9. The molecule has 7 nitrogen and oxygen atoms in total. The van der Waals surface area contributed by atoms with Crippen LogP contribution in [0.4, 0.5) is 15.8 Å². The molecular formula is C24H28FN5O2. The molecule has 8 heteroatoms. The predicted molar refractivity (Wildman–Crippen MR) is 123 cm³/mol. The summed E-state index contributed by atoms with van der Waals surface area (Å²) in [6, 6.07) is 13.4. The van der Waals surface area contributed by atoms with Crippen LogP contribution in [0.3, 0.4) is 0 Å². The van der Waals surface area contributed by atoms with Crippen molar-refractivity contribution in [1.29, 1.82) is 0 Å². The van der Waals surface area contributed by atoms with Gasteiger partial charge < -0.3 is 15.1 Å². The molecule has 2 heterocycles. The van der Waals surface area contributed by atoms with Crippen LogP contribution >= 0.6 is 0 Å². The second kappa shape index (κ2) is 9.38. The van der Waals surface area contributed by atoms with E-state index in [9.17, 15) is 14.0 Å². The molecule has 2 aliphatic heterocycles. The number of nitrogens with one attached hydrogen (secondary N) is 2. The number of hydrogen-bond donors (Lipinski definition) is 2. The topological polar surface area (TPSA) is 77.0 Å². The molecular weight excluding hydrogens is 409 g/mol. The van der Waals surface area contributed by atoms with Gasteiger partial charge in [-0.2, -0.15) is 0 Å². The van der Waals surface area contributed by atoms with Crippen LogP contribution < -0.4 is 15.5 Å². The fourth-order valence-corrected chi connectivity index (χ4v) is 3.89. The molecule has 2 amide bonds. The van der Waals surface area contributed by atoms with Crippen LogP contribution in [0, 0.1) is 5.82 Å². The third kappa shape index (κ3) is 5.07. The highest BCUT2D eigenvalue weighted by Crippen LogP contribution is 2.20. The largest absolute Gasteiger partial charge is 0.368 e. The Labute approximate surface area is 187 Å². The van der Waals surface area contributed by atoms with Gasteiger partial charge in [-0.3, -0.25) is 14.9 Å².